The first-order valence-electron chi connectivity index (χ1n) is 5.49. The number of amides is 1. The van der Waals surface area contributed by atoms with Crippen molar-refractivity contribution in [3.8, 4) is 0 Å². The lowest BCUT2D eigenvalue weighted by molar-refractivity contribution is 0.0948. The Morgan fingerprint density at radius 3 is 2.53 bits per heavy atom. The summed E-state index contributed by atoms with van der Waals surface area (Å²) in [5.74, 6) is -3.29. The SMILES string of the molecule is CCCCNC(=O)c1cc(F)cc(S(=O)(=O)Cl)c1F. The summed E-state index contributed by atoms with van der Waals surface area (Å²) in [6.07, 6.45) is 1.48. The highest BCUT2D eigenvalue weighted by molar-refractivity contribution is 8.13. The zero-order valence-electron chi connectivity index (χ0n) is 10.0. The molecular formula is C11H12ClF2NO3S. The van der Waals surface area contributed by atoms with Crippen LogP contribution in [-0.2, 0) is 9.05 Å². The van der Waals surface area contributed by atoms with Crippen molar-refractivity contribution in [3.63, 3.8) is 0 Å². The van der Waals surface area contributed by atoms with E-state index in [1.54, 1.807) is 0 Å². The van der Waals surface area contributed by atoms with E-state index >= 15 is 0 Å². The van der Waals surface area contributed by atoms with Gasteiger partial charge in [-0.15, -0.1) is 0 Å². The number of unbranched alkanes of at least 4 members (excludes halogenated alkanes) is 1. The first-order valence-corrected chi connectivity index (χ1v) is 7.80. The number of hydrogen-bond donors (Lipinski definition) is 1. The normalized spacial score (nSPS) is 11.4. The fraction of sp³-hybridized carbons (Fsp3) is 0.364. The number of carbonyl (C=O) groups is 1. The smallest absolute Gasteiger partial charge is 0.264 e. The van der Waals surface area contributed by atoms with Gasteiger partial charge in [0.2, 0.25) is 0 Å². The molecule has 0 spiro atoms. The maximum absolute atomic E-state index is 13.8. The van der Waals surface area contributed by atoms with Crippen LogP contribution >= 0.6 is 10.7 Å². The van der Waals surface area contributed by atoms with Crippen LogP contribution in [0.2, 0.25) is 0 Å². The minimum atomic E-state index is -4.46. The monoisotopic (exact) mass is 311 g/mol. The van der Waals surface area contributed by atoms with Crippen LogP contribution < -0.4 is 5.32 Å². The lowest BCUT2D eigenvalue weighted by atomic mass is 10.2. The minimum absolute atomic E-state index is 0.286. The summed E-state index contributed by atoms with van der Waals surface area (Å²) < 4.78 is 49.2. The molecule has 0 aliphatic rings. The molecule has 0 atom stereocenters. The third kappa shape index (κ3) is 4.14. The Labute approximate surface area is 114 Å². The molecule has 0 saturated carbocycles. The molecule has 0 unspecified atom stereocenters. The topological polar surface area (TPSA) is 63.2 Å². The van der Waals surface area contributed by atoms with Crippen molar-refractivity contribution >= 4 is 25.6 Å². The molecule has 19 heavy (non-hydrogen) atoms. The number of hydrogen-bond acceptors (Lipinski definition) is 3. The maximum atomic E-state index is 13.8. The highest BCUT2D eigenvalue weighted by atomic mass is 35.7. The van der Waals surface area contributed by atoms with Crippen molar-refractivity contribution in [2.24, 2.45) is 0 Å². The van der Waals surface area contributed by atoms with Crippen LogP contribution in [0.15, 0.2) is 17.0 Å². The van der Waals surface area contributed by atoms with E-state index in [0.717, 1.165) is 6.42 Å². The molecule has 0 aliphatic carbocycles. The Morgan fingerprint density at radius 1 is 1.37 bits per heavy atom. The van der Waals surface area contributed by atoms with E-state index in [1.165, 1.54) is 0 Å². The molecule has 0 aliphatic heterocycles. The fourth-order valence-corrected chi connectivity index (χ4v) is 2.30. The predicted molar refractivity (Wildman–Crippen MR) is 66.6 cm³/mol. The van der Waals surface area contributed by atoms with E-state index < -0.39 is 37.1 Å². The zero-order valence-corrected chi connectivity index (χ0v) is 11.6. The highest BCUT2D eigenvalue weighted by Crippen LogP contribution is 2.23. The zero-order chi connectivity index (χ0) is 14.6. The van der Waals surface area contributed by atoms with Gasteiger partial charge in [0.05, 0.1) is 5.56 Å². The molecule has 1 aromatic rings. The molecule has 0 aromatic heterocycles. The molecule has 1 rings (SSSR count). The molecular weight excluding hydrogens is 300 g/mol. The maximum Gasteiger partial charge on any atom is 0.264 e. The first-order chi connectivity index (χ1) is 8.77. The van der Waals surface area contributed by atoms with Crippen molar-refractivity contribution in [2.45, 2.75) is 24.7 Å². The summed E-state index contributed by atoms with van der Waals surface area (Å²) in [6, 6.07) is 1.06. The highest BCUT2D eigenvalue weighted by Gasteiger charge is 2.24. The van der Waals surface area contributed by atoms with Crippen molar-refractivity contribution in [1.82, 2.24) is 5.32 Å². The Hall–Kier alpha value is -1.21. The van der Waals surface area contributed by atoms with Gasteiger partial charge >= 0.3 is 0 Å². The molecule has 0 bridgehead atoms. The van der Waals surface area contributed by atoms with Gasteiger partial charge in [0.15, 0.2) is 5.82 Å². The summed E-state index contributed by atoms with van der Waals surface area (Å²) in [6.45, 7) is 2.18. The second kappa shape index (κ2) is 6.29. The van der Waals surface area contributed by atoms with E-state index in [4.69, 9.17) is 10.7 Å². The van der Waals surface area contributed by atoms with Gasteiger partial charge < -0.3 is 5.32 Å². The molecule has 0 radical (unpaired) electrons. The fourth-order valence-electron chi connectivity index (χ4n) is 1.38. The number of nitrogens with one attached hydrogen (secondary N) is 1. The second-order valence-corrected chi connectivity index (χ2v) is 6.35. The summed E-state index contributed by atoms with van der Waals surface area (Å²) in [5, 5.41) is 2.36. The van der Waals surface area contributed by atoms with Gasteiger partial charge in [0.25, 0.3) is 15.0 Å². The first kappa shape index (κ1) is 15.8. The molecule has 4 nitrogen and oxygen atoms in total. The summed E-state index contributed by atoms with van der Waals surface area (Å²) in [4.78, 5) is 10.6. The van der Waals surface area contributed by atoms with E-state index in [-0.39, 0.29) is 6.54 Å². The number of halogens is 3. The van der Waals surface area contributed by atoms with Crippen LogP contribution in [-0.4, -0.2) is 20.9 Å². The molecule has 8 heteroatoms. The number of benzene rings is 1. The van der Waals surface area contributed by atoms with Crippen LogP contribution in [0.1, 0.15) is 30.1 Å². The minimum Gasteiger partial charge on any atom is -0.352 e. The van der Waals surface area contributed by atoms with Gasteiger partial charge in [-0.05, 0) is 18.6 Å². The molecule has 0 fully saturated rings. The largest absolute Gasteiger partial charge is 0.352 e. The molecule has 0 heterocycles. The number of rotatable bonds is 5. The van der Waals surface area contributed by atoms with E-state index in [9.17, 15) is 22.0 Å². The lowest BCUT2D eigenvalue weighted by Gasteiger charge is -2.08. The van der Waals surface area contributed by atoms with Gasteiger partial charge in [-0.2, -0.15) is 0 Å². The van der Waals surface area contributed by atoms with Gasteiger partial charge in [-0.25, -0.2) is 17.2 Å². The van der Waals surface area contributed by atoms with Gasteiger partial charge in [0.1, 0.15) is 10.7 Å². The van der Waals surface area contributed by atoms with Crippen molar-refractivity contribution in [3.05, 3.63) is 29.3 Å². The van der Waals surface area contributed by atoms with Crippen LogP contribution in [0.3, 0.4) is 0 Å². The molecule has 106 valence electrons. The second-order valence-electron chi connectivity index (χ2n) is 3.81. The molecule has 1 amide bonds. The Bertz CT molecular complexity index is 590. The van der Waals surface area contributed by atoms with Gasteiger partial charge in [0, 0.05) is 17.2 Å². The Kier molecular flexibility index (Phi) is 5.25. The van der Waals surface area contributed by atoms with Crippen LogP contribution in [0.25, 0.3) is 0 Å². The summed E-state index contributed by atoms with van der Waals surface area (Å²) in [5.41, 5.74) is -0.685. The predicted octanol–water partition coefficient (Wildman–Crippen LogP) is 2.42. The molecule has 1 N–H and O–H groups in total. The third-order valence-electron chi connectivity index (χ3n) is 2.33. The average molecular weight is 312 g/mol. The molecule has 0 saturated heterocycles. The van der Waals surface area contributed by atoms with Crippen molar-refractivity contribution < 1.29 is 22.0 Å². The van der Waals surface area contributed by atoms with Crippen molar-refractivity contribution in [2.75, 3.05) is 6.54 Å². The van der Waals surface area contributed by atoms with Crippen molar-refractivity contribution in [1.29, 1.82) is 0 Å². The Balaban J connectivity index is 3.15. The quantitative estimate of drug-likeness (QED) is 0.671. The summed E-state index contributed by atoms with van der Waals surface area (Å²) >= 11 is 0. The van der Waals surface area contributed by atoms with E-state index in [1.807, 2.05) is 6.92 Å². The Morgan fingerprint density at radius 2 is 2.00 bits per heavy atom. The molecule has 1 aromatic carbocycles. The standard InChI is InChI=1S/C11H12ClF2NO3S/c1-2-3-4-15-11(16)8-5-7(13)6-9(10(8)14)19(12,17)18/h5-6H,2-4H2,1H3,(H,15,16). The van der Waals surface area contributed by atoms with Gasteiger partial charge in [-0.3, -0.25) is 4.79 Å². The van der Waals surface area contributed by atoms with Crippen LogP contribution in [0, 0.1) is 11.6 Å². The lowest BCUT2D eigenvalue weighted by Crippen LogP contribution is -2.26. The van der Waals surface area contributed by atoms with E-state index in [0.29, 0.717) is 18.6 Å². The number of carbonyl (C=O) groups excluding carboxylic acids is 1. The average Bonchev–Trinajstić information content (AvgIpc) is 2.30. The van der Waals surface area contributed by atoms with Gasteiger partial charge in [-0.1, -0.05) is 13.3 Å². The summed E-state index contributed by atoms with van der Waals surface area (Å²) in [7, 11) is 0.513. The van der Waals surface area contributed by atoms with Crippen LogP contribution in [0.5, 0.6) is 0 Å². The van der Waals surface area contributed by atoms with Crippen LogP contribution in [0.4, 0.5) is 8.78 Å². The van der Waals surface area contributed by atoms with E-state index in [2.05, 4.69) is 5.32 Å². The third-order valence-corrected chi connectivity index (χ3v) is 3.65.